The van der Waals surface area contributed by atoms with Gasteiger partial charge in [-0.25, -0.2) is 0 Å². The molecule has 0 aliphatic heterocycles. The Morgan fingerprint density at radius 1 is 0.800 bits per heavy atom. The minimum Gasteiger partial charge on any atom is -0.0698 e. The molecule has 0 saturated heterocycles. The Morgan fingerprint density at radius 3 is 1.20 bits per heavy atom. The van der Waals surface area contributed by atoms with Gasteiger partial charge in [-0.2, -0.15) is 0 Å². The van der Waals surface area contributed by atoms with Gasteiger partial charge >= 0.3 is 0 Å². The molecule has 10 heavy (non-hydrogen) atoms. The third-order valence-electron chi connectivity index (χ3n) is 4.37. The van der Waals surface area contributed by atoms with E-state index < -0.39 is 0 Å². The molecule has 4 rings (SSSR count). The lowest BCUT2D eigenvalue weighted by Gasteiger charge is -2.33. The normalized spacial score (nSPS) is 55.8. The van der Waals surface area contributed by atoms with Gasteiger partial charge in [0.2, 0.25) is 0 Å². The number of rotatable bonds is 0. The summed E-state index contributed by atoms with van der Waals surface area (Å²) in [5.41, 5.74) is 5.09. The Morgan fingerprint density at radius 2 is 1.10 bits per heavy atom. The topological polar surface area (TPSA) is 0 Å². The molecule has 4 bridgehead atoms. The highest BCUT2D eigenvalue weighted by atomic mass is 14.6. The van der Waals surface area contributed by atoms with Crippen molar-refractivity contribution in [1.29, 1.82) is 0 Å². The maximum atomic E-state index is 2.49. The molecule has 0 radical (unpaired) electrons. The predicted molar refractivity (Wildman–Crippen MR) is 41.7 cm³/mol. The van der Waals surface area contributed by atoms with Gasteiger partial charge in [0.05, 0.1) is 0 Å². The Kier molecular flexibility index (Phi) is 0.598. The van der Waals surface area contributed by atoms with Crippen LogP contribution in [-0.2, 0) is 0 Å². The Balaban J connectivity index is 2.27. The van der Waals surface area contributed by atoms with E-state index in [0.717, 1.165) is 0 Å². The van der Waals surface area contributed by atoms with E-state index in [1.807, 2.05) is 11.1 Å². The highest BCUT2D eigenvalue weighted by Gasteiger charge is 2.61. The molecule has 0 aromatic carbocycles. The van der Waals surface area contributed by atoms with Crippen LogP contribution in [0, 0.1) is 10.8 Å². The zero-order chi connectivity index (χ0) is 6.98. The van der Waals surface area contributed by atoms with Crippen LogP contribution in [0.15, 0.2) is 11.1 Å². The smallest absolute Gasteiger partial charge is 0.0191 e. The fraction of sp³-hybridized carbons (Fsp3) is 0.800. The summed E-state index contributed by atoms with van der Waals surface area (Å²) < 4.78 is 0. The molecule has 0 N–H and O–H groups in total. The van der Waals surface area contributed by atoms with Crippen LogP contribution < -0.4 is 0 Å². The third kappa shape index (κ3) is 0.328. The van der Waals surface area contributed by atoms with Crippen LogP contribution in [0.2, 0.25) is 0 Å². The van der Waals surface area contributed by atoms with Gasteiger partial charge in [0, 0.05) is 0 Å². The Bertz CT molecular complexity index is 203. The molecule has 2 saturated carbocycles. The summed E-state index contributed by atoms with van der Waals surface area (Å²) in [7, 11) is 0. The molecule has 0 atom stereocenters. The van der Waals surface area contributed by atoms with Crippen molar-refractivity contribution in [2.24, 2.45) is 10.8 Å². The van der Waals surface area contributed by atoms with E-state index in [1.165, 1.54) is 25.7 Å². The first-order valence-electron chi connectivity index (χ1n) is 4.33. The summed E-state index contributed by atoms with van der Waals surface area (Å²) in [6, 6.07) is 0. The monoisotopic (exact) mass is 134 g/mol. The van der Waals surface area contributed by atoms with E-state index in [2.05, 4.69) is 13.8 Å². The molecule has 0 heterocycles. The number of hydrogen-bond acceptors (Lipinski definition) is 0. The fourth-order valence-corrected chi connectivity index (χ4v) is 3.49. The molecule has 0 heteroatoms. The molecule has 4 aliphatic rings. The molecule has 0 aromatic heterocycles. The zero-order valence-electron chi connectivity index (χ0n) is 6.83. The van der Waals surface area contributed by atoms with Gasteiger partial charge in [0.25, 0.3) is 0 Å². The lowest BCUT2D eigenvalue weighted by Crippen LogP contribution is -2.25. The van der Waals surface area contributed by atoms with Crippen LogP contribution in [0.1, 0.15) is 39.5 Å². The first-order valence-corrected chi connectivity index (χ1v) is 4.33. The first-order chi connectivity index (χ1) is 4.63. The van der Waals surface area contributed by atoms with Gasteiger partial charge in [-0.05, 0) is 36.5 Å². The maximum Gasteiger partial charge on any atom is -0.0191 e. The quantitative estimate of drug-likeness (QED) is 0.447. The van der Waals surface area contributed by atoms with E-state index in [0.29, 0.717) is 10.8 Å². The van der Waals surface area contributed by atoms with E-state index in [1.54, 1.807) is 0 Å². The molecule has 0 unspecified atom stereocenters. The van der Waals surface area contributed by atoms with E-state index in [9.17, 15) is 0 Å². The summed E-state index contributed by atoms with van der Waals surface area (Å²) in [6.07, 6.45) is 5.77. The maximum absolute atomic E-state index is 2.49. The molecular formula is C10H14. The molecule has 0 spiro atoms. The van der Waals surface area contributed by atoms with Crippen LogP contribution in [-0.4, -0.2) is 0 Å². The van der Waals surface area contributed by atoms with Crippen molar-refractivity contribution in [2.75, 3.05) is 0 Å². The van der Waals surface area contributed by atoms with E-state index in [-0.39, 0.29) is 0 Å². The lowest BCUT2D eigenvalue weighted by atomic mass is 9.71. The number of allylic oxidation sites excluding steroid dienone is 2. The summed E-state index contributed by atoms with van der Waals surface area (Å²) in [5, 5.41) is 0. The molecule has 2 fully saturated rings. The SMILES string of the molecule is CC12CC3=C(C1)CC2(C)C3. The van der Waals surface area contributed by atoms with Gasteiger partial charge in [-0.1, -0.05) is 25.0 Å². The minimum atomic E-state index is 0.706. The molecule has 0 amide bonds. The number of hydrogen-bond donors (Lipinski definition) is 0. The second-order valence-electron chi connectivity index (χ2n) is 5.04. The molecule has 4 aliphatic carbocycles. The molecule has 0 aromatic rings. The molecular weight excluding hydrogens is 120 g/mol. The van der Waals surface area contributed by atoms with E-state index >= 15 is 0 Å². The lowest BCUT2D eigenvalue weighted by molar-refractivity contribution is 0.157. The minimum absolute atomic E-state index is 0.706. The van der Waals surface area contributed by atoms with Crippen LogP contribution in [0.3, 0.4) is 0 Å². The van der Waals surface area contributed by atoms with Crippen LogP contribution in [0.4, 0.5) is 0 Å². The highest BCUT2D eigenvalue weighted by Crippen LogP contribution is 2.73. The summed E-state index contributed by atoms with van der Waals surface area (Å²) in [6.45, 7) is 4.97. The zero-order valence-corrected chi connectivity index (χ0v) is 6.83. The van der Waals surface area contributed by atoms with Crippen molar-refractivity contribution in [3.8, 4) is 0 Å². The van der Waals surface area contributed by atoms with Crippen molar-refractivity contribution in [2.45, 2.75) is 39.5 Å². The van der Waals surface area contributed by atoms with Crippen molar-refractivity contribution in [3.05, 3.63) is 11.1 Å². The average molecular weight is 134 g/mol. The molecule has 54 valence electrons. The first kappa shape index (κ1) is 5.40. The molecule has 0 nitrogen and oxygen atoms in total. The standard InChI is InChI=1S/C10H14/c1-9-3-7-5-10(9,2)6-8(7)4-9/h3-6H2,1-2H3. The van der Waals surface area contributed by atoms with Crippen LogP contribution in [0.5, 0.6) is 0 Å². The van der Waals surface area contributed by atoms with Gasteiger partial charge in [0.1, 0.15) is 0 Å². The summed E-state index contributed by atoms with van der Waals surface area (Å²) in [4.78, 5) is 0. The Labute approximate surface area is 62.3 Å². The Hall–Kier alpha value is -0.260. The van der Waals surface area contributed by atoms with Gasteiger partial charge in [0.15, 0.2) is 0 Å². The second kappa shape index (κ2) is 1.11. The van der Waals surface area contributed by atoms with Crippen molar-refractivity contribution >= 4 is 0 Å². The van der Waals surface area contributed by atoms with Crippen molar-refractivity contribution < 1.29 is 0 Å². The van der Waals surface area contributed by atoms with Gasteiger partial charge < -0.3 is 0 Å². The third-order valence-corrected chi connectivity index (χ3v) is 4.37. The van der Waals surface area contributed by atoms with E-state index in [4.69, 9.17) is 0 Å². The average Bonchev–Trinajstić information content (AvgIpc) is 2.27. The fourth-order valence-electron chi connectivity index (χ4n) is 3.49. The van der Waals surface area contributed by atoms with Crippen molar-refractivity contribution in [1.82, 2.24) is 0 Å². The summed E-state index contributed by atoms with van der Waals surface area (Å²) >= 11 is 0. The van der Waals surface area contributed by atoms with Crippen LogP contribution >= 0.6 is 0 Å². The van der Waals surface area contributed by atoms with Gasteiger partial charge in [-0.15, -0.1) is 0 Å². The highest BCUT2D eigenvalue weighted by molar-refractivity contribution is 5.41. The van der Waals surface area contributed by atoms with Crippen molar-refractivity contribution in [3.63, 3.8) is 0 Å². The predicted octanol–water partition coefficient (Wildman–Crippen LogP) is 2.90. The largest absolute Gasteiger partial charge is 0.0698 e. The van der Waals surface area contributed by atoms with Crippen LogP contribution in [0.25, 0.3) is 0 Å². The second-order valence-corrected chi connectivity index (χ2v) is 5.04. The summed E-state index contributed by atoms with van der Waals surface area (Å²) in [5.74, 6) is 0. The van der Waals surface area contributed by atoms with Gasteiger partial charge in [-0.3, -0.25) is 0 Å².